The summed E-state index contributed by atoms with van der Waals surface area (Å²) in [5, 5.41) is 22.7. The molecule has 2 aliphatic heterocycles. The SMILES string of the molecule is O=C(c1cnc(-c2ccncc2)nc1)N1C2CN(S(=O)(=O)c3cc4ccc(Cl)cc4s3)CC1C(O)C2O. The largest absolute Gasteiger partial charge is 0.388 e. The van der Waals surface area contributed by atoms with Crippen molar-refractivity contribution in [3.63, 3.8) is 0 Å². The summed E-state index contributed by atoms with van der Waals surface area (Å²) in [6, 6.07) is 8.36. The summed E-state index contributed by atoms with van der Waals surface area (Å²) in [7, 11) is -3.94. The third-order valence-electron chi connectivity index (χ3n) is 6.76. The second-order valence-corrected chi connectivity index (χ2v) is 12.6. The minimum Gasteiger partial charge on any atom is -0.388 e. The summed E-state index contributed by atoms with van der Waals surface area (Å²) in [5.74, 6) is -0.0667. The maximum Gasteiger partial charge on any atom is 0.257 e. The number of aliphatic hydroxyl groups is 2. The lowest BCUT2D eigenvalue weighted by Gasteiger charge is -2.40. The van der Waals surface area contributed by atoms with Gasteiger partial charge in [0, 0.05) is 53.2 Å². The fourth-order valence-electron chi connectivity index (χ4n) is 4.88. The van der Waals surface area contributed by atoms with Crippen molar-refractivity contribution in [2.24, 2.45) is 0 Å². The average Bonchev–Trinajstić information content (AvgIpc) is 3.41. The van der Waals surface area contributed by atoms with Gasteiger partial charge in [0.2, 0.25) is 0 Å². The normalized spacial score (nSPS) is 24.0. The first kappa shape index (κ1) is 24.3. The van der Waals surface area contributed by atoms with Crippen LogP contribution >= 0.6 is 22.9 Å². The van der Waals surface area contributed by atoms with Crippen molar-refractivity contribution in [2.75, 3.05) is 13.1 Å². The van der Waals surface area contributed by atoms with E-state index in [-0.39, 0.29) is 22.9 Å². The monoisotopic (exact) mass is 557 g/mol. The van der Waals surface area contributed by atoms with Gasteiger partial charge in [-0.15, -0.1) is 11.3 Å². The third kappa shape index (κ3) is 4.10. The van der Waals surface area contributed by atoms with Gasteiger partial charge in [-0.05, 0) is 35.7 Å². The molecule has 1 amide bonds. The van der Waals surface area contributed by atoms with Crippen LogP contribution < -0.4 is 0 Å². The molecule has 4 aromatic rings. The Hall–Kier alpha value is -3.00. The molecule has 6 rings (SSSR count). The van der Waals surface area contributed by atoms with Crippen molar-refractivity contribution >= 4 is 49.0 Å². The fraction of sp³-hybridized carbons (Fsp3) is 0.250. The molecule has 5 heterocycles. The molecule has 190 valence electrons. The number of halogens is 1. The Morgan fingerprint density at radius 1 is 1.00 bits per heavy atom. The number of carbonyl (C=O) groups excluding carboxylic acids is 1. The van der Waals surface area contributed by atoms with E-state index in [1.807, 2.05) is 0 Å². The Kier molecular flexibility index (Phi) is 5.97. The number of pyridine rings is 1. The van der Waals surface area contributed by atoms with Gasteiger partial charge in [-0.2, -0.15) is 4.31 Å². The number of aliphatic hydroxyl groups excluding tert-OH is 2. The zero-order valence-electron chi connectivity index (χ0n) is 19.0. The number of thiophene rings is 1. The lowest BCUT2D eigenvalue weighted by Crippen LogP contribution is -2.58. The zero-order valence-corrected chi connectivity index (χ0v) is 21.4. The number of piperazine rings is 1. The average molecular weight is 558 g/mol. The number of carbonyl (C=O) groups is 1. The van der Waals surface area contributed by atoms with Crippen molar-refractivity contribution in [2.45, 2.75) is 28.5 Å². The van der Waals surface area contributed by atoms with Gasteiger partial charge < -0.3 is 15.1 Å². The van der Waals surface area contributed by atoms with E-state index in [0.717, 1.165) is 27.0 Å². The number of aromatic nitrogens is 3. The van der Waals surface area contributed by atoms with Crippen molar-refractivity contribution in [1.29, 1.82) is 0 Å². The first-order valence-corrected chi connectivity index (χ1v) is 14.0. The number of amides is 1. The van der Waals surface area contributed by atoms with Crippen LogP contribution in [0, 0.1) is 0 Å². The highest BCUT2D eigenvalue weighted by atomic mass is 35.5. The smallest absolute Gasteiger partial charge is 0.257 e. The van der Waals surface area contributed by atoms with Gasteiger partial charge in [-0.1, -0.05) is 17.7 Å². The van der Waals surface area contributed by atoms with E-state index in [4.69, 9.17) is 11.6 Å². The lowest BCUT2D eigenvalue weighted by atomic mass is 10.1. The molecule has 2 N–H and O–H groups in total. The van der Waals surface area contributed by atoms with E-state index < -0.39 is 40.2 Å². The molecule has 0 aliphatic carbocycles. The van der Waals surface area contributed by atoms with Gasteiger partial charge in [0.1, 0.15) is 16.4 Å². The number of hydrogen-bond donors (Lipinski definition) is 2. The van der Waals surface area contributed by atoms with Gasteiger partial charge in [-0.25, -0.2) is 18.4 Å². The number of hydrogen-bond acceptors (Lipinski definition) is 9. The highest BCUT2D eigenvalue weighted by Crippen LogP contribution is 2.38. The fourth-order valence-corrected chi connectivity index (χ4v) is 8.19. The first-order valence-electron chi connectivity index (χ1n) is 11.3. The van der Waals surface area contributed by atoms with Crippen molar-refractivity contribution in [3.05, 3.63) is 71.8 Å². The molecule has 4 unspecified atom stereocenters. The lowest BCUT2D eigenvalue weighted by molar-refractivity contribution is 0.0352. The molecule has 0 radical (unpaired) electrons. The molecule has 3 aromatic heterocycles. The molecule has 0 spiro atoms. The summed E-state index contributed by atoms with van der Waals surface area (Å²) in [4.78, 5) is 27.3. The third-order valence-corrected chi connectivity index (χ3v) is 10.4. The van der Waals surface area contributed by atoms with Gasteiger partial charge in [0.25, 0.3) is 15.9 Å². The highest BCUT2D eigenvalue weighted by Gasteiger charge is 2.56. The van der Waals surface area contributed by atoms with E-state index >= 15 is 0 Å². The van der Waals surface area contributed by atoms with E-state index in [9.17, 15) is 23.4 Å². The molecule has 2 bridgehead atoms. The van der Waals surface area contributed by atoms with Crippen LogP contribution in [0.1, 0.15) is 10.4 Å². The summed E-state index contributed by atoms with van der Waals surface area (Å²) < 4.78 is 29.1. The Morgan fingerprint density at radius 2 is 1.65 bits per heavy atom. The minimum absolute atomic E-state index is 0.132. The van der Waals surface area contributed by atoms with Crippen LogP contribution in [0.2, 0.25) is 5.02 Å². The van der Waals surface area contributed by atoms with Crippen LogP contribution in [-0.4, -0.2) is 86.1 Å². The minimum atomic E-state index is -3.94. The van der Waals surface area contributed by atoms with Crippen LogP contribution in [0.15, 0.2) is 65.4 Å². The molecule has 10 nitrogen and oxygen atoms in total. The van der Waals surface area contributed by atoms with E-state index in [0.29, 0.717) is 10.8 Å². The second kappa shape index (κ2) is 9.08. The summed E-state index contributed by atoms with van der Waals surface area (Å²) >= 11 is 7.15. The van der Waals surface area contributed by atoms with Gasteiger partial charge in [0.05, 0.1) is 17.6 Å². The molecule has 2 saturated heterocycles. The Bertz CT molecular complexity index is 1580. The van der Waals surface area contributed by atoms with E-state index in [1.165, 1.54) is 21.6 Å². The summed E-state index contributed by atoms with van der Waals surface area (Å²) in [6.45, 7) is -0.318. The van der Waals surface area contributed by atoms with Crippen LogP contribution in [0.4, 0.5) is 0 Å². The summed E-state index contributed by atoms with van der Waals surface area (Å²) in [6.07, 6.45) is 3.39. The molecule has 13 heteroatoms. The predicted molar refractivity (Wildman–Crippen MR) is 137 cm³/mol. The maximum atomic E-state index is 13.5. The molecule has 0 saturated carbocycles. The highest BCUT2D eigenvalue weighted by molar-refractivity contribution is 7.91. The number of sulfonamides is 1. The van der Waals surface area contributed by atoms with Gasteiger partial charge in [-0.3, -0.25) is 9.78 Å². The Balaban J connectivity index is 1.27. The zero-order chi connectivity index (χ0) is 25.9. The summed E-state index contributed by atoms with van der Waals surface area (Å²) in [5.41, 5.74) is 0.911. The quantitative estimate of drug-likeness (QED) is 0.389. The predicted octanol–water partition coefficient (Wildman–Crippen LogP) is 2.03. The van der Waals surface area contributed by atoms with Crippen LogP contribution in [0.3, 0.4) is 0 Å². The van der Waals surface area contributed by atoms with E-state index in [2.05, 4.69) is 15.0 Å². The second-order valence-electron chi connectivity index (χ2n) is 8.93. The number of rotatable bonds is 4. The topological polar surface area (TPSA) is 137 Å². The molecule has 2 fully saturated rings. The first-order chi connectivity index (χ1) is 17.7. The number of benzene rings is 1. The van der Waals surface area contributed by atoms with Gasteiger partial charge >= 0.3 is 0 Å². The van der Waals surface area contributed by atoms with Crippen molar-refractivity contribution in [1.82, 2.24) is 24.2 Å². The molecular weight excluding hydrogens is 538 g/mol. The van der Waals surface area contributed by atoms with Crippen molar-refractivity contribution < 1.29 is 23.4 Å². The number of nitrogens with zero attached hydrogens (tertiary/aromatic N) is 5. The Morgan fingerprint density at radius 3 is 2.30 bits per heavy atom. The van der Waals surface area contributed by atoms with Crippen molar-refractivity contribution in [3.8, 4) is 11.4 Å². The maximum absolute atomic E-state index is 13.5. The molecule has 4 atom stereocenters. The van der Waals surface area contributed by atoms with Crippen LogP contribution in [0.25, 0.3) is 21.5 Å². The Labute approximate surface area is 220 Å². The standard InChI is InChI=1S/C24H20ClN5O5S2/c25-16-2-1-14-7-20(36-19(14)8-16)37(34,35)29-11-17-21(31)22(32)18(12-29)30(17)24(33)15-9-27-23(28-10-15)13-3-5-26-6-4-13/h1-10,17-18,21-22,31-32H,11-12H2. The van der Waals surface area contributed by atoms with Crippen LogP contribution in [0.5, 0.6) is 0 Å². The number of fused-ring (bicyclic) bond motifs is 3. The van der Waals surface area contributed by atoms with E-state index in [1.54, 1.807) is 48.8 Å². The molecular formula is C24H20ClN5O5S2. The molecule has 37 heavy (non-hydrogen) atoms. The molecule has 1 aromatic carbocycles. The van der Waals surface area contributed by atoms with Gasteiger partial charge in [0.15, 0.2) is 5.82 Å². The van der Waals surface area contributed by atoms with Crippen LogP contribution in [-0.2, 0) is 10.0 Å². The molecule has 2 aliphatic rings.